The van der Waals surface area contributed by atoms with Crippen LogP contribution in [0.3, 0.4) is 0 Å². The minimum Gasteiger partial charge on any atom is -0.155 e. The molecule has 0 aliphatic rings. The zero-order valence-electron chi connectivity index (χ0n) is 16.9. The van der Waals surface area contributed by atoms with Gasteiger partial charge in [0.15, 0.2) is 0 Å². The van der Waals surface area contributed by atoms with Gasteiger partial charge in [0.2, 0.25) is 0 Å². The zero-order chi connectivity index (χ0) is 20.8. The Bertz CT molecular complexity index is 994. The molecule has 0 N–H and O–H groups in total. The average Bonchev–Trinajstić information content (AvgIpc) is 2.63. The lowest BCUT2D eigenvalue weighted by molar-refractivity contribution is 1.20. The minimum absolute atomic E-state index is 0.545. The van der Waals surface area contributed by atoms with Crippen molar-refractivity contribution in [3.8, 4) is 0 Å². The molecule has 2 aromatic carbocycles. The van der Waals surface area contributed by atoms with Crippen LogP contribution in [0.15, 0.2) is 44.7 Å². The van der Waals surface area contributed by atoms with Crippen LogP contribution in [-0.2, 0) is 0 Å². The number of hydrogen-bond acceptors (Lipinski definition) is 4. The third kappa shape index (κ3) is 4.57. The molecule has 0 unspecified atom stereocenters. The third-order valence-electron chi connectivity index (χ3n) is 4.31. The lowest BCUT2D eigenvalue weighted by Gasteiger charge is -2.10. The van der Waals surface area contributed by atoms with Crippen molar-refractivity contribution in [1.29, 1.82) is 0 Å². The Morgan fingerprint density at radius 1 is 0.679 bits per heavy atom. The summed E-state index contributed by atoms with van der Waals surface area (Å²) in [5, 5.41) is 16.3. The third-order valence-corrected chi connectivity index (χ3v) is 4.31. The van der Waals surface area contributed by atoms with E-state index < -0.39 is 0 Å². The van der Waals surface area contributed by atoms with Crippen LogP contribution in [0.2, 0.25) is 0 Å². The molecule has 2 aromatic rings. The topological polar surface area (TPSA) is 122 Å². The maximum absolute atomic E-state index is 8.87. The van der Waals surface area contributed by atoms with Crippen molar-refractivity contribution >= 4 is 22.8 Å². The Hall–Kier alpha value is -3.60. The van der Waals surface area contributed by atoms with Gasteiger partial charge in [-0.15, -0.1) is 0 Å². The van der Waals surface area contributed by atoms with Crippen LogP contribution in [0.5, 0.6) is 0 Å². The first kappa shape index (κ1) is 20.7. The molecule has 0 aromatic heterocycles. The normalized spacial score (nSPS) is 11.6. The molecule has 0 aliphatic carbocycles. The highest BCUT2D eigenvalue weighted by Crippen LogP contribution is 2.28. The van der Waals surface area contributed by atoms with Crippen molar-refractivity contribution < 1.29 is 0 Å². The Labute approximate surface area is 163 Å². The second-order valence-electron chi connectivity index (χ2n) is 6.71. The fourth-order valence-corrected chi connectivity index (χ4v) is 3.08. The molecule has 0 amide bonds. The van der Waals surface area contributed by atoms with E-state index in [-0.39, 0.29) is 0 Å². The summed E-state index contributed by atoms with van der Waals surface area (Å²) < 4.78 is 0. The van der Waals surface area contributed by atoms with Gasteiger partial charge in [0.1, 0.15) is 0 Å². The highest BCUT2D eigenvalue weighted by atomic mass is 15.2. The van der Waals surface area contributed by atoms with Crippen LogP contribution in [0.25, 0.3) is 20.9 Å². The van der Waals surface area contributed by atoms with Gasteiger partial charge in [0.05, 0.1) is 11.4 Å². The first-order valence-corrected chi connectivity index (χ1v) is 8.70. The summed E-state index contributed by atoms with van der Waals surface area (Å²) in [4.78, 5) is 5.84. The Morgan fingerprint density at radius 3 is 1.36 bits per heavy atom. The first-order valence-electron chi connectivity index (χ1n) is 8.70. The molecule has 0 atom stereocenters. The molecule has 0 radical (unpaired) electrons. The summed E-state index contributed by atoms with van der Waals surface area (Å²) in [6.07, 6.45) is 0. The average molecular weight is 374 g/mol. The highest BCUT2D eigenvalue weighted by Gasteiger charge is 2.11. The monoisotopic (exact) mass is 374 g/mol. The first-order chi connectivity index (χ1) is 13.3. The predicted octanol–water partition coefficient (Wildman–Crippen LogP) is 7.04. The van der Waals surface area contributed by atoms with Crippen molar-refractivity contribution in [2.24, 2.45) is 20.4 Å². The number of nitrogens with zero attached hydrogens (tertiary/aromatic N) is 8. The number of aryl methyl sites for hydroxylation is 4. The van der Waals surface area contributed by atoms with E-state index in [2.05, 4.69) is 30.3 Å². The van der Waals surface area contributed by atoms with Gasteiger partial charge in [0, 0.05) is 32.3 Å². The van der Waals surface area contributed by atoms with Crippen LogP contribution in [0, 0.1) is 27.7 Å². The molecule has 0 saturated heterocycles. The second kappa shape index (κ2) is 8.86. The maximum Gasteiger partial charge on any atom is 0.0676 e. The molecule has 0 bridgehead atoms. The van der Waals surface area contributed by atoms with Crippen LogP contribution in [0.4, 0.5) is 11.4 Å². The van der Waals surface area contributed by atoms with Gasteiger partial charge in [-0.05, 0) is 75.9 Å². The predicted molar refractivity (Wildman–Crippen MR) is 114 cm³/mol. The molecule has 8 heteroatoms. The van der Waals surface area contributed by atoms with Crippen molar-refractivity contribution in [3.63, 3.8) is 0 Å². The molecular formula is C20H22N8. The van der Waals surface area contributed by atoms with Crippen molar-refractivity contribution in [1.82, 2.24) is 0 Å². The maximum atomic E-state index is 8.87. The fraction of sp³-hybridized carbons (Fsp3) is 0.300. The molecular weight excluding hydrogens is 352 g/mol. The lowest BCUT2D eigenvalue weighted by atomic mass is 10.0. The molecule has 8 nitrogen and oxygen atoms in total. The molecule has 0 heterocycles. The number of rotatable bonds is 5. The minimum atomic E-state index is 0.545. The van der Waals surface area contributed by atoms with Crippen LogP contribution >= 0.6 is 0 Å². The molecule has 142 valence electrons. The van der Waals surface area contributed by atoms with E-state index in [0.717, 1.165) is 33.4 Å². The number of hydrogen-bond donors (Lipinski definition) is 0. The van der Waals surface area contributed by atoms with Crippen LogP contribution in [0.1, 0.15) is 47.2 Å². The number of benzene rings is 2. The summed E-state index contributed by atoms with van der Waals surface area (Å²) in [6.45, 7) is 11.4. The Morgan fingerprint density at radius 2 is 1.04 bits per heavy atom. The van der Waals surface area contributed by atoms with E-state index >= 15 is 0 Å². The number of azide groups is 2. The van der Waals surface area contributed by atoms with Gasteiger partial charge in [-0.1, -0.05) is 33.5 Å². The van der Waals surface area contributed by atoms with Gasteiger partial charge in [-0.25, -0.2) is 0 Å². The van der Waals surface area contributed by atoms with E-state index in [9.17, 15) is 0 Å². The standard InChI is InChI=1S/C20H22N8/c1-11-7-13(3)19(25-27-21)17(9-11)15(5)23-24-16(6)18-10-12(2)8-14(4)20(18)26-28-22/h7-10H,1-6H3/b23-15+,24-16+. The second-order valence-corrected chi connectivity index (χ2v) is 6.71. The largest absolute Gasteiger partial charge is 0.155 e. The molecule has 2 rings (SSSR count). The summed E-state index contributed by atoms with van der Waals surface area (Å²) >= 11 is 0. The Kier molecular flexibility index (Phi) is 6.55. The van der Waals surface area contributed by atoms with Crippen molar-refractivity contribution in [2.45, 2.75) is 41.5 Å². The van der Waals surface area contributed by atoms with E-state index in [4.69, 9.17) is 11.1 Å². The SMILES string of the molecule is C/C(=N\N=C(/C)c1cc(C)cc(C)c1N=[N+]=[N-])c1cc(C)cc(C)c1N=[N+]=[N-]. The highest BCUT2D eigenvalue weighted by molar-refractivity contribution is 6.06. The quantitative estimate of drug-likeness (QED) is 0.175. The van der Waals surface area contributed by atoms with Gasteiger partial charge in [-0.2, -0.15) is 10.2 Å². The summed E-state index contributed by atoms with van der Waals surface area (Å²) in [5.74, 6) is 0. The molecule has 0 fully saturated rings. The Balaban J connectivity index is 2.58. The van der Waals surface area contributed by atoms with Gasteiger partial charge >= 0.3 is 0 Å². The summed E-state index contributed by atoms with van der Waals surface area (Å²) in [7, 11) is 0. The zero-order valence-corrected chi connectivity index (χ0v) is 16.9. The smallest absolute Gasteiger partial charge is 0.0676 e. The van der Waals surface area contributed by atoms with Gasteiger partial charge in [-0.3, -0.25) is 0 Å². The van der Waals surface area contributed by atoms with E-state index in [0.29, 0.717) is 22.8 Å². The van der Waals surface area contributed by atoms with Crippen molar-refractivity contribution in [3.05, 3.63) is 78.5 Å². The van der Waals surface area contributed by atoms with E-state index in [1.807, 2.05) is 65.8 Å². The van der Waals surface area contributed by atoms with Gasteiger partial charge < -0.3 is 0 Å². The molecule has 28 heavy (non-hydrogen) atoms. The van der Waals surface area contributed by atoms with E-state index in [1.54, 1.807) is 0 Å². The van der Waals surface area contributed by atoms with Crippen LogP contribution < -0.4 is 0 Å². The fourth-order valence-electron chi connectivity index (χ4n) is 3.08. The van der Waals surface area contributed by atoms with E-state index in [1.165, 1.54) is 0 Å². The molecule has 0 spiro atoms. The summed E-state index contributed by atoms with van der Waals surface area (Å²) in [5.41, 5.74) is 25.4. The van der Waals surface area contributed by atoms with Crippen LogP contribution in [-0.4, -0.2) is 11.4 Å². The van der Waals surface area contributed by atoms with Crippen molar-refractivity contribution in [2.75, 3.05) is 0 Å². The summed E-state index contributed by atoms with van der Waals surface area (Å²) in [6, 6.07) is 7.75. The molecule has 0 saturated carbocycles. The van der Waals surface area contributed by atoms with Gasteiger partial charge in [0.25, 0.3) is 0 Å². The lowest BCUT2D eigenvalue weighted by Crippen LogP contribution is -2.00. The molecule has 0 aliphatic heterocycles.